The lowest BCUT2D eigenvalue weighted by Gasteiger charge is -2.35. The second kappa shape index (κ2) is 8.73. The van der Waals surface area contributed by atoms with Crippen molar-refractivity contribution in [1.82, 2.24) is 29.5 Å². The van der Waals surface area contributed by atoms with Crippen LogP contribution in [0.3, 0.4) is 0 Å². The molecular formula is C21H27ClN6O2. The summed E-state index contributed by atoms with van der Waals surface area (Å²) in [7, 11) is 0. The van der Waals surface area contributed by atoms with Crippen LogP contribution in [0, 0.1) is 13.8 Å². The predicted octanol–water partition coefficient (Wildman–Crippen LogP) is 1.92. The first-order valence-electron chi connectivity index (χ1n) is 10.4. The van der Waals surface area contributed by atoms with Gasteiger partial charge in [-0.3, -0.25) is 14.5 Å². The van der Waals surface area contributed by atoms with Crippen LogP contribution in [0.15, 0.2) is 18.2 Å². The number of carbonyl (C=O) groups excluding carboxylic acids is 2. The molecule has 2 amide bonds. The maximum Gasteiger partial charge on any atom is 0.274 e. The van der Waals surface area contributed by atoms with Crippen molar-refractivity contribution >= 4 is 23.4 Å². The molecule has 0 spiro atoms. The van der Waals surface area contributed by atoms with Crippen LogP contribution in [-0.4, -0.2) is 87.1 Å². The van der Waals surface area contributed by atoms with Crippen LogP contribution in [0.2, 0.25) is 5.02 Å². The molecule has 2 saturated heterocycles. The van der Waals surface area contributed by atoms with E-state index in [0.717, 1.165) is 37.3 Å². The van der Waals surface area contributed by atoms with Gasteiger partial charge in [-0.15, -0.1) is 0 Å². The Bertz CT molecular complexity index is 945. The minimum atomic E-state index is -0.186. The number of halogens is 1. The van der Waals surface area contributed by atoms with Crippen molar-refractivity contribution in [2.24, 2.45) is 0 Å². The lowest BCUT2D eigenvalue weighted by Crippen LogP contribution is -2.51. The number of carbonyl (C=O) groups is 2. The summed E-state index contributed by atoms with van der Waals surface area (Å²) in [6, 6.07) is 5.42. The van der Waals surface area contributed by atoms with Crippen molar-refractivity contribution in [2.75, 3.05) is 45.8 Å². The van der Waals surface area contributed by atoms with Gasteiger partial charge >= 0.3 is 0 Å². The molecule has 0 bridgehead atoms. The van der Waals surface area contributed by atoms with Gasteiger partial charge in [0.05, 0.1) is 17.3 Å². The van der Waals surface area contributed by atoms with Crippen LogP contribution in [-0.2, 0) is 4.79 Å². The maximum atomic E-state index is 13.1. The minimum Gasteiger partial charge on any atom is -0.342 e. The number of pyridine rings is 1. The second-order valence-corrected chi connectivity index (χ2v) is 8.40. The number of likely N-dealkylation sites (tertiary alicyclic amines) is 1. The Morgan fingerprint density at radius 3 is 2.33 bits per heavy atom. The Morgan fingerprint density at radius 1 is 1.00 bits per heavy atom. The Morgan fingerprint density at radius 2 is 1.70 bits per heavy atom. The lowest BCUT2D eigenvalue weighted by atomic mass is 10.2. The molecule has 0 radical (unpaired) electrons. The van der Waals surface area contributed by atoms with Crippen LogP contribution in [0.5, 0.6) is 0 Å². The zero-order valence-electron chi connectivity index (χ0n) is 17.5. The van der Waals surface area contributed by atoms with E-state index in [0.29, 0.717) is 43.6 Å². The van der Waals surface area contributed by atoms with Gasteiger partial charge in [-0.1, -0.05) is 11.6 Å². The normalized spacial score (nSPS) is 17.6. The van der Waals surface area contributed by atoms with E-state index in [-0.39, 0.29) is 17.5 Å². The van der Waals surface area contributed by atoms with Crippen molar-refractivity contribution in [1.29, 1.82) is 0 Å². The van der Waals surface area contributed by atoms with Gasteiger partial charge in [0.15, 0.2) is 5.82 Å². The SMILES string of the molecule is Cc1cc(C)n(-c2ccc(Cl)c(C(=O)N3CCN(CC(=O)N4CCCC4)CC3)n2)n1. The summed E-state index contributed by atoms with van der Waals surface area (Å²) in [5, 5.41) is 4.77. The minimum absolute atomic E-state index is 0.186. The van der Waals surface area contributed by atoms with Crippen molar-refractivity contribution in [3.8, 4) is 5.82 Å². The second-order valence-electron chi connectivity index (χ2n) is 8.00. The fourth-order valence-electron chi connectivity index (χ4n) is 4.08. The smallest absolute Gasteiger partial charge is 0.274 e. The number of aromatic nitrogens is 3. The Hall–Kier alpha value is -2.45. The zero-order chi connectivity index (χ0) is 21.3. The molecule has 30 heavy (non-hydrogen) atoms. The van der Waals surface area contributed by atoms with Gasteiger partial charge in [0.1, 0.15) is 5.69 Å². The van der Waals surface area contributed by atoms with E-state index in [1.54, 1.807) is 21.7 Å². The number of aryl methyl sites for hydroxylation is 2. The Labute approximate surface area is 181 Å². The van der Waals surface area contributed by atoms with E-state index in [2.05, 4.69) is 15.0 Å². The molecule has 0 atom stereocenters. The molecule has 160 valence electrons. The molecule has 2 aromatic heterocycles. The van der Waals surface area contributed by atoms with Crippen molar-refractivity contribution < 1.29 is 9.59 Å². The van der Waals surface area contributed by atoms with Crippen LogP contribution < -0.4 is 0 Å². The molecule has 9 heteroatoms. The molecule has 0 aromatic carbocycles. The van der Waals surface area contributed by atoms with Crippen LogP contribution >= 0.6 is 11.6 Å². The van der Waals surface area contributed by atoms with Gasteiger partial charge < -0.3 is 9.80 Å². The molecule has 0 aliphatic carbocycles. The van der Waals surface area contributed by atoms with E-state index in [1.165, 1.54) is 0 Å². The molecule has 0 saturated carbocycles. The highest BCUT2D eigenvalue weighted by Gasteiger charge is 2.27. The highest BCUT2D eigenvalue weighted by molar-refractivity contribution is 6.33. The molecule has 2 aliphatic rings. The van der Waals surface area contributed by atoms with E-state index in [1.807, 2.05) is 24.8 Å². The van der Waals surface area contributed by atoms with Gasteiger partial charge in [0.25, 0.3) is 5.91 Å². The number of amides is 2. The van der Waals surface area contributed by atoms with Crippen molar-refractivity contribution in [2.45, 2.75) is 26.7 Å². The monoisotopic (exact) mass is 430 g/mol. The third kappa shape index (κ3) is 4.34. The molecule has 4 rings (SSSR count). The average molecular weight is 431 g/mol. The van der Waals surface area contributed by atoms with Crippen molar-refractivity contribution in [3.63, 3.8) is 0 Å². The van der Waals surface area contributed by atoms with E-state index in [4.69, 9.17) is 11.6 Å². The van der Waals surface area contributed by atoms with Gasteiger partial charge in [-0.05, 0) is 44.9 Å². The van der Waals surface area contributed by atoms with Crippen LogP contribution in [0.1, 0.15) is 34.7 Å². The maximum absolute atomic E-state index is 13.1. The number of hydrogen-bond acceptors (Lipinski definition) is 5. The standard InChI is InChI=1S/C21H27ClN6O2/c1-15-13-16(2)28(24-15)18-6-5-17(22)20(23-18)21(30)27-11-9-25(10-12-27)14-19(29)26-7-3-4-8-26/h5-6,13H,3-4,7-12,14H2,1-2H3. The number of rotatable bonds is 4. The zero-order valence-corrected chi connectivity index (χ0v) is 18.2. The molecular weight excluding hydrogens is 404 g/mol. The number of piperazine rings is 1. The highest BCUT2D eigenvalue weighted by atomic mass is 35.5. The van der Waals surface area contributed by atoms with E-state index >= 15 is 0 Å². The Balaban J connectivity index is 1.41. The summed E-state index contributed by atoms with van der Waals surface area (Å²) in [5.41, 5.74) is 2.07. The van der Waals surface area contributed by atoms with Gasteiger partial charge in [0.2, 0.25) is 5.91 Å². The largest absolute Gasteiger partial charge is 0.342 e. The lowest BCUT2D eigenvalue weighted by molar-refractivity contribution is -0.131. The summed E-state index contributed by atoms with van der Waals surface area (Å²) in [5.74, 6) is 0.576. The summed E-state index contributed by atoms with van der Waals surface area (Å²) in [6.45, 7) is 8.46. The first-order valence-corrected chi connectivity index (χ1v) is 10.8. The molecule has 0 N–H and O–H groups in total. The van der Waals surface area contributed by atoms with Crippen molar-refractivity contribution in [3.05, 3.63) is 40.3 Å². The van der Waals surface area contributed by atoms with E-state index in [9.17, 15) is 9.59 Å². The highest BCUT2D eigenvalue weighted by Crippen LogP contribution is 2.20. The van der Waals surface area contributed by atoms with Gasteiger partial charge in [-0.25, -0.2) is 9.67 Å². The Kier molecular flexibility index (Phi) is 6.06. The molecule has 2 aromatic rings. The first-order chi connectivity index (χ1) is 14.4. The molecule has 8 nitrogen and oxygen atoms in total. The third-order valence-electron chi connectivity index (χ3n) is 5.74. The fourth-order valence-corrected chi connectivity index (χ4v) is 4.26. The number of nitrogens with zero attached hydrogens (tertiary/aromatic N) is 6. The molecule has 0 unspecified atom stereocenters. The topological polar surface area (TPSA) is 74.6 Å². The summed E-state index contributed by atoms with van der Waals surface area (Å²) < 4.78 is 1.71. The average Bonchev–Trinajstić information content (AvgIpc) is 3.38. The van der Waals surface area contributed by atoms with Gasteiger partial charge in [0, 0.05) is 45.0 Å². The summed E-state index contributed by atoms with van der Waals surface area (Å²) in [6.07, 6.45) is 2.19. The first kappa shape index (κ1) is 20.8. The fraction of sp³-hybridized carbons (Fsp3) is 0.524. The molecule has 2 fully saturated rings. The summed E-state index contributed by atoms with van der Waals surface area (Å²) in [4.78, 5) is 35.8. The quantitative estimate of drug-likeness (QED) is 0.740. The van der Waals surface area contributed by atoms with E-state index < -0.39 is 0 Å². The third-order valence-corrected chi connectivity index (χ3v) is 6.04. The van der Waals surface area contributed by atoms with Crippen LogP contribution in [0.4, 0.5) is 0 Å². The van der Waals surface area contributed by atoms with Crippen LogP contribution in [0.25, 0.3) is 5.82 Å². The predicted molar refractivity (Wildman–Crippen MR) is 114 cm³/mol. The van der Waals surface area contributed by atoms with Gasteiger partial charge in [-0.2, -0.15) is 5.10 Å². The molecule has 2 aliphatic heterocycles. The summed E-state index contributed by atoms with van der Waals surface area (Å²) >= 11 is 6.31. The molecule has 4 heterocycles. The number of hydrogen-bond donors (Lipinski definition) is 0.